The number of nitrogens with zero attached hydrogens (tertiary/aromatic N) is 2. The Labute approximate surface area is 215 Å². The molecule has 37 heavy (non-hydrogen) atoms. The predicted octanol–water partition coefficient (Wildman–Crippen LogP) is 3.83. The van der Waals surface area contributed by atoms with Crippen molar-refractivity contribution < 1.29 is 22.7 Å². The average Bonchev–Trinajstić information content (AvgIpc) is 3.32. The van der Waals surface area contributed by atoms with E-state index in [1.807, 2.05) is 24.3 Å². The maximum Gasteiger partial charge on any atom is 0.244 e. The van der Waals surface area contributed by atoms with Gasteiger partial charge in [-0.1, -0.05) is 18.2 Å². The Bertz CT molecular complexity index is 1570. The van der Waals surface area contributed by atoms with Crippen LogP contribution in [0.5, 0.6) is 11.5 Å². The standard InChI is InChI=1S/C27H28N4O5S/c1-31(2)37(33,34)22-7-5-6-19(13-22)21-14-23-20(16-29-27(23)30-17-21)9-11-26(32)28-15-18-8-10-24(35-3)25(12-18)36-4/h5-14,16-17H,15H2,1-4H3,(H,28,32)(H,29,30)/b11-9+. The van der Waals surface area contributed by atoms with Gasteiger partial charge in [-0.2, -0.15) is 0 Å². The zero-order valence-electron chi connectivity index (χ0n) is 21.0. The highest BCUT2D eigenvalue weighted by Gasteiger charge is 2.18. The first-order chi connectivity index (χ1) is 17.7. The van der Waals surface area contributed by atoms with Crippen molar-refractivity contribution in [2.45, 2.75) is 11.4 Å². The summed E-state index contributed by atoms with van der Waals surface area (Å²) in [5.74, 6) is 0.961. The van der Waals surface area contributed by atoms with Gasteiger partial charge in [-0.15, -0.1) is 0 Å². The van der Waals surface area contributed by atoms with E-state index < -0.39 is 10.0 Å². The third kappa shape index (κ3) is 5.65. The van der Waals surface area contributed by atoms with E-state index in [-0.39, 0.29) is 10.8 Å². The zero-order valence-corrected chi connectivity index (χ0v) is 21.8. The number of rotatable bonds is 9. The number of aromatic nitrogens is 2. The summed E-state index contributed by atoms with van der Waals surface area (Å²) in [7, 11) is 2.57. The van der Waals surface area contributed by atoms with Crippen molar-refractivity contribution in [1.29, 1.82) is 0 Å². The Balaban J connectivity index is 1.52. The molecule has 1 amide bonds. The van der Waals surface area contributed by atoms with E-state index in [4.69, 9.17) is 9.47 Å². The lowest BCUT2D eigenvalue weighted by atomic mass is 10.1. The molecule has 0 atom stereocenters. The van der Waals surface area contributed by atoms with Crippen LogP contribution in [0, 0.1) is 0 Å². The van der Waals surface area contributed by atoms with E-state index in [1.165, 1.54) is 24.5 Å². The number of pyridine rings is 1. The molecule has 2 N–H and O–H groups in total. The van der Waals surface area contributed by atoms with Gasteiger partial charge in [0.2, 0.25) is 15.9 Å². The fourth-order valence-electron chi connectivity index (χ4n) is 3.77. The minimum atomic E-state index is -3.56. The molecule has 0 aliphatic rings. The first kappa shape index (κ1) is 25.9. The second-order valence-electron chi connectivity index (χ2n) is 8.42. The molecule has 0 radical (unpaired) electrons. The third-order valence-electron chi connectivity index (χ3n) is 5.84. The number of fused-ring (bicyclic) bond motifs is 1. The van der Waals surface area contributed by atoms with Gasteiger partial charge in [0, 0.05) is 55.6 Å². The second-order valence-corrected chi connectivity index (χ2v) is 10.6. The lowest BCUT2D eigenvalue weighted by Gasteiger charge is -2.12. The number of H-pyrrole nitrogens is 1. The summed E-state index contributed by atoms with van der Waals surface area (Å²) in [5.41, 5.74) is 3.80. The fourth-order valence-corrected chi connectivity index (χ4v) is 4.72. The number of hydrogen-bond donors (Lipinski definition) is 2. The molecule has 2 aromatic heterocycles. The number of sulfonamides is 1. The molecular formula is C27H28N4O5S. The van der Waals surface area contributed by atoms with Gasteiger partial charge < -0.3 is 19.8 Å². The molecule has 0 aliphatic heterocycles. The average molecular weight is 521 g/mol. The normalized spacial score (nSPS) is 11.8. The summed E-state index contributed by atoms with van der Waals surface area (Å²) in [6, 6.07) is 14.1. The topological polar surface area (TPSA) is 114 Å². The predicted molar refractivity (Wildman–Crippen MR) is 143 cm³/mol. The van der Waals surface area contributed by atoms with Gasteiger partial charge in [0.25, 0.3) is 0 Å². The van der Waals surface area contributed by atoms with Crippen LogP contribution in [-0.2, 0) is 21.4 Å². The largest absolute Gasteiger partial charge is 0.493 e. The molecule has 0 bridgehead atoms. The smallest absolute Gasteiger partial charge is 0.244 e. The van der Waals surface area contributed by atoms with Crippen molar-refractivity contribution in [3.8, 4) is 22.6 Å². The molecule has 0 fully saturated rings. The Morgan fingerprint density at radius 1 is 1.05 bits per heavy atom. The zero-order chi connectivity index (χ0) is 26.6. The van der Waals surface area contributed by atoms with E-state index in [2.05, 4.69) is 15.3 Å². The molecular weight excluding hydrogens is 492 g/mol. The van der Waals surface area contributed by atoms with Crippen LogP contribution < -0.4 is 14.8 Å². The first-order valence-electron chi connectivity index (χ1n) is 11.4. The lowest BCUT2D eigenvalue weighted by molar-refractivity contribution is -0.116. The molecule has 2 aromatic carbocycles. The van der Waals surface area contributed by atoms with Crippen LogP contribution in [0.25, 0.3) is 28.2 Å². The molecule has 4 rings (SSSR count). The minimum absolute atomic E-state index is 0.204. The van der Waals surface area contributed by atoms with Crippen LogP contribution in [-0.4, -0.2) is 56.9 Å². The molecule has 192 valence electrons. The van der Waals surface area contributed by atoms with Crippen molar-refractivity contribution in [1.82, 2.24) is 19.6 Å². The highest BCUT2D eigenvalue weighted by molar-refractivity contribution is 7.89. The maximum atomic E-state index is 12.5. The highest BCUT2D eigenvalue weighted by Crippen LogP contribution is 2.28. The van der Waals surface area contributed by atoms with Gasteiger partial charge in [-0.25, -0.2) is 17.7 Å². The molecule has 0 saturated carbocycles. The molecule has 0 unspecified atom stereocenters. The number of methoxy groups -OCH3 is 2. The van der Waals surface area contributed by atoms with Crippen LogP contribution in [0.1, 0.15) is 11.1 Å². The van der Waals surface area contributed by atoms with Gasteiger partial charge >= 0.3 is 0 Å². The number of amides is 1. The van der Waals surface area contributed by atoms with Gasteiger partial charge in [0.15, 0.2) is 11.5 Å². The van der Waals surface area contributed by atoms with Crippen molar-refractivity contribution in [2.75, 3.05) is 28.3 Å². The molecule has 4 aromatic rings. The first-order valence-corrected chi connectivity index (χ1v) is 12.8. The molecule has 10 heteroatoms. The summed E-state index contributed by atoms with van der Waals surface area (Å²) < 4.78 is 36.8. The summed E-state index contributed by atoms with van der Waals surface area (Å²) in [5, 5.41) is 3.66. The van der Waals surface area contributed by atoms with E-state index in [0.29, 0.717) is 23.7 Å². The fraction of sp³-hybridized carbons (Fsp3) is 0.185. The Morgan fingerprint density at radius 2 is 1.84 bits per heavy atom. The van der Waals surface area contributed by atoms with Crippen LogP contribution in [0.2, 0.25) is 0 Å². The van der Waals surface area contributed by atoms with Crippen LogP contribution >= 0.6 is 0 Å². The number of aromatic amines is 1. The Morgan fingerprint density at radius 3 is 2.57 bits per heavy atom. The summed E-state index contributed by atoms with van der Waals surface area (Å²) in [6.07, 6.45) is 6.62. The monoisotopic (exact) mass is 520 g/mol. The lowest BCUT2D eigenvalue weighted by Crippen LogP contribution is -2.22. The number of nitrogens with one attached hydrogen (secondary N) is 2. The van der Waals surface area contributed by atoms with Crippen molar-refractivity contribution >= 4 is 33.0 Å². The molecule has 0 saturated heterocycles. The van der Waals surface area contributed by atoms with Crippen LogP contribution in [0.15, 0.2) is 71.9 Å². The summed E-state index contributed by atoms with van der Waals surface area (Å²) in [6.45, 7) is 0.329. The highest BCUT2D eigenvalue weighted by atomic mass is 32.2. The third-order valence-corrected chi connectivity index (χ3v) is 7.65. The minimum Gasteiger partial charge on any atom is -0.493 e. The summed E-state index contributed by atoms with van der Waals surface area (Å²) in [4.78, 5) is 20.2. The Kier molecular flexibility index (Phi) is 7.61. The molecule has 9 nitrogen and oxygen atoms in total. The number of carbonyl (C=O) groups excluding carboxylic acids is 1. The Hall–Kier alpha value is -4.15. The van der Waals surface area contributed by atoms with Crippen LogP contribution in [0.3, 0.4) is 0 Å². The number of carbonyl (C=O) groups is 1. The number of benzene rings is 2. The van der Waals surface area contributed by atoms with Gasteiger partial charge in [-0.3, -0.25) is 4.79 Å². The van der Waals surface area contributed by atoms with Crippen molar-refractivity contribution in [3.05, 3.63) is 78.1 Å². The molecule has 0 aliphatic carbocycles. The van der Waals surface area contributed by atoms with E-state index in [1.54, 1.807) is 57.0 Å². The van der Waals surface area contributed by atoms with Gasteiger partial charge in [-0.05, 0) is 47.5 Å². The maximum absolute atomic E-state index is 12.5. The van der Waals surface area contributed by atoms with Gasteiger partial charge in [0.1, 0.15) is 5.65 Å². The second kappa shape index (κ2) is 10.9. The van der Waals surface area contributed by atoms with E-state index in [0.717, 1.165) is 27.6 Å². The van der Waals surface area contributed by atoms with Crippen molar-refractivity contribution in [3.63, 3.8) is 0 Å². The van der Waals surface area contributed by atoms with E-state index in [9.17, 15) is 13.2 Å². The SMILES string of the molecule is COc1ccc(CNC(=O)/C=C/c2c[nH]c3ncc(-c4cccc(S(=O)(=O)N(C)C)c4)cc23)cc1OC. The van der Waals surface area contributed by atoms with Crippen LogP contribution in [0.4, 0.5) is 0 Å². The van der Waals surface area contributed by atoms with E-state index >= 15 is 0 Å². The number of hydrogen-bond acceptors (Lipinski definition) is 6. The number of ether oxygens (including phenoxy) is 2. The molecule has 0 spiro atoms. The van der Waals surface area contributed by atoms with Crippen molar-refractivity contribution in [2.24, 2.45) is 0 Å². The molecule has 2 heterocycles. The quantitative estimate of drug-likeness (QED) is 0.324. The van der Waals surface area contributed by atoms with Gasteiger partial charge in [0.05, 0.1) is 19.1 Å². The summed E-state index contributed by atoms with van der Waals surface area (Å²) >= 11 is 0.